The van der Waals surface area contributed by atoms with Gasteiger partial charge < -0.3 is 10.6 Å². The quantitative estimate of drug-likeness (QED) is 0.622. The van der Waals surface area contributed by atoms with Gasteiger partial charge in [0.15, 0.2) is 0 Å². The molecule has 0 aromatic carbocycles. The molecule has 0 aromatic rings. The number of nitrogens with zero attached hydrogens (tertiary/aromatic N) is 1. The van der Waals surface area contributed by atoms with Crippen LogP contribution in [0, 0.1) is 17.2 Å². The van der Waals surface area contributed by atoms with Crippen LogP contribution in [-0.4, -0.2) is 24.9 Å². The topological polar surface area (TPSA) is 82.0 Å². The monoisotopic (exact) mass is 209 g/mol. The van der Waals surface area contributed by atoms with Gasteiger partial charge in [0.05, 0.1) is 12.0 Å². The molecule has 1 unspecified atom stereocenters. The Morgan fingerprint density at radius 3 is 3.00 bits per heavy atom. The van der Waals surface area contributed by atoms with E-state index in [1.54, 1.807) is 0 Å². The highest BCUT2D eigenvalue weighted by Crippen LogP contribution is 2.08. The molecule has 0 saturated carbocycles. The summed E-state index contributed by atoms with van der Waals surface area (Å²) in [6, 6.07) is 2.05. The van der Waals surface area contributed by atoms with E-state index < -0.39 is 0 Å². The molecule has 0 radical (unpaired) electrons. The SMILES string of the molecule is N#CCCCCNC(=O)C1CNC(=O)C1. The minimum atomic E-state index is -0.214. The second-order valence-electron chi connectivity index (χ2n) is 3.61. The molecule has 2 amide bonds. The Morgan fingerprint density at radius 1 is 1.60 bits per heavy atom. The lowest BCUT2D eigenvalue weighted by Gasteiger charge is -2.08. The predicted molar refractivity (Wildman–Crippen MR) is 53.6 cm³/mol. The van der Waals surface area contributed by atoms with Crippen LogP contribution in [0.4, 0.5) is 0 Å². The van der Waals surface area contributed by atoms with E-state index in [0.29, 0.717) is 25.9 Å². The molecule has 1 rings (SSSR count). The van der Waals surface area contributed by atoms with Gasteiger partial charge in [-0.25, -0.2) is 0 Å². The molecule has 0 spiro atoms. The van der Waals surface area contributed by atoms with Crippen LogP contribution in [0.25, 0.3) is 0 Å². The van der Waals surface area contributed by atoms with Gasteiger partial charge in [-0.2, -0.15) is 5.26 Å². The first-order valence-corrected chi connectivity index (χ1v) is 5.15. The van der Waals surface area contributed by atoms with Crippen molar-refractivity contribution in [2.45, 2.75) is 25.7 Å². The van der Waals surface area contributed by atoms with Gasteiger partial charge in [-0.3, -0.25) is 9.59 Å². The first-order chi connectivity index (χ1) is 7.24. The Balaban J connectivity index is 2.09. The normalized spacial score (nSPS) is 19.4. The van der Waals surface area contributed by atoms with Gasteiger partial charge in [-0.1, -0.05) is 0 Å². The van der Waals surface area contributed by atoms with Crippen molar-refractivity contribution < 1.29 is 9.59 Å². The average molecular weight is 209 g/mol. The van der Waals surface area contributed by atoms with E-state index in [2.05, 4.69) is 10.6 Å². The van der Waals surface area contributed by atoms with Crippen LogP contribution in [-0.2, 0) is 9.59 Å². The Kier molecular flexibility index (Phi) is 4.61. The maximum absolute atomic E-state index is 11.5. The van der Waals surface area contributed by atoms with E-state index in [4.69, 9.17) is 5.26 Å². The van der Waals surface area contributed by atoms with Gasteiger partial charge in [-0.05, 0) is 12.8 Å². The number of amides is 2. The fraction of sp³-hybridized carbons (Fsp3) is 0.700. The maximum Gasteiger partial charge on any atom is 0.225 e. The molecular formula is C10H15N3O2. The molecule has 0 aliphatic carbocycles. The predicted octanol–water partition coefficient (Wildman–Crippen LogP) is -0.0674. The number of nitrogens with one attached hydrogen (secondary N) is 2. The molecule has 2 N–H and O–H groups in total. The number of unbranched alkanes of at least 4 members (excludes halogenated alkanes) is 2. The van der Waals surface area contributed by atoms with Crippen LogP contribution >= 0.6 is 0 Å². The lowest BCUT2D eigenvalue weighted by atomic mass is 10.1. The Bertz CT molecular complexity index is 283. The van der Waals surface area contributed by atoms with Crippen molar-refractivity contribution in [1.82, 2.24) is 10.6 Å². The first-order valence-electron chi connectivity index (χ1n) is 5.15. The van der Waals surface area contributed by atoms with Crippen LogP contribution in [0.15, 0.2) is 0 Å². The molecule has 1 saturated heterocycles. The Labute approximate surface area is 88.8 Å². The van der Waals surface area contributed by atoms with Crippen molar-refractivity contribution in [3.63, 3.8) is 0 Å². The standard InChI is InChI=1S/C10H15N3O2/c11-4-2-1-3-5-12-10(15)8-6-9(14)13-7-8/h8H,1-3,5-7H2,(H,12,15)(H,13,14). The van der Waals surface area contributed by atoms with Gasteiger partial charge in [0, 0.05) is 25.9 Å². The Hall–Kier alpha value is -1.57. The summed E-state index contributed by atoms with van der Waals surface area (Å²) in [7, 11) is 0. The minimum Gasteiger partial charge on any atom is -0.356 e. The van der Waals surface area contributed by atoms with Gasteiger partial charge in [0.1, 0.15) is 0 Å². The zero-order valence-electron chi connectivity index (χ0n) is 8.58. The molecule has 5 heteroatoms. The highest BCUT2D eigenvalue weighted by Gasteiger charge is 2.27. The lowest BCUT2D eigenvalue weighted by Crippen LogP contribution is -2.32. The molecule has 82 valence electrons. The lowest BCUT2D eigenvalue weighted by molar-refractivity contribution is -0.126. The third-order valence-electron chi connectivity index (χ3n) is 2.36. The van der Waals surface area contributed by atoms with E-state index >= 15 is 0 Å². The molecule has 1 fully saturated rings. The summed E-state index contributed by atoms with van der Waals surface area (Å²) < 4.78 is 0. The molecule has 0 aromatic heterocycles. The van der Waals surface area contributed by atoms with E-state index in [9.17, 15) is 9.59 Å². The summed E-state index contributed by atoms with van der Waals surface area (Å²) in [5.41, 5.74) is 0. The second kappa shape index (κ2) is 6.02. The summed E-state index contributed by atoms with van der Waals surface area (Å²) in [6.07, 6.45) is 2.44. The van der Waals surface area contributed by atoms with Crippen molar-refractivity contribution in [3.8, 4) is 6.07 Å². The number of rotatable bonds is 5. The third-order valence-corrected chi connectivity index (χ3v) is 2.36. The highest BCUT2D eigenvalue weighted by atomic mass is 16.2. The second-order valence-corrected chi connectivity index (χ2v) is 3.61. The molecule has 1 atom stereocenters. The molecule has 5 nitrogen and oxygen atoms in total. The zero-order chi connectivity index (χ0) is 11.1. The molecule has 1 heterocycles. The fourth-order valence-corrected chi connectivity index (χ4v) is 1.48. The molecule has 1 aliphatic heterocycles. The number of hydrogen-bond donors (Lipinski definition) is 2. The number of nitriles is 1. The largest absolute Gasteiger partial charge is 0.356 e. The highest BCUT2D eigenvalue weighted by molar-refractivity contribution is 5.89. The van der Waals surface area contributed by atoms with E-state index in [1.807, 2.05) is 6.07 Å². The van der Waals surface area contributed by atoms with Crippen molar-refractivity contribution in [3.05, 3.63) is 0 Å². The smallest absolute Gasteiger partial charge is 0.225 e. The Morgan fingerprint density at radius 2 is 2.40 bits per heavy atom. The molecule has 0 bridgehead atoms. The summed E-state index contributed by atoms with van der Waals surface area (Å²) in [5, 5.41) is 13.7. The van der Waals surface area contributed by atoms with Gasteiger partial charge in [-0.15, -0.1) is 0 Å². The average Bonchev–Trinajstić information content (AvgIpc) is 2.64. The van der Waals surface area contributed by atoms with E-state index in [-0.39, 0.29) is 17.7 Å². The number of carbonyl (C=O) groups excluding carboxylic acids is 2. The van der Waals surface area contributed by atoms with Crippen molar-refractivity contribution >= 4 is 11.8 Å². The summed E-state index contributed by atoms with van der Waals surface area (Å²) in [4.78, 5) is 22.3. The molecule has 15 heavy (non-hydrogen) atoms. The summed E-state index contributed by atoms with van der Waals surface area (Å²) in [6.45, 7) is 1.04. The first kappa shape index (κ1) is 11.5. The van der Waals surface area contributed by atoms with Crippen LogP contribution in [0.1, 0.15) is 25.7 Å². The van der Waals surface area contributed by atoms with E-state index in [0.717, 1.165) is 12.8 Å². The summed E-state index contributed by atoms with van der Waals surface area (Å²) in [5.74, 6) is -0.335. The van der Waals surface area contributed by atoms with Crippen LogP contribution in [0.3, 0.4) is 0 Å². The van der Waals surface area contributed by atoms with Gasteiger partial charge in [0.25, 0.3) is 0 Å². The van der Waals surface area contributed by atoms with Crippen LogP contribution < -0.4 is 10.6 Å². The van der Waals surface area contributed by atoms with Crippen molar-refractivity contribution in [1.29, 1.82) is 5.26 Å². The number of carbonyl (C=O) groups is 2. The third kappa shape index (κ3) is 3.98. The van der Waals surface area contributed by atoms with Crippen LogP contribution in [0.5, 0.6) is 0 Å². The van der Waals surface area contributed by atoms with Gasteiger partial charge in [0.2, 0.25) is 11.8 Å². The zero-order valence-corrected chi connectivity index (χ0v) is 8.58. The molecular weight excluding hydrogens is 194 g/mol. The maximum atomic E-state index is 11.5. The summed E-state index contributed by atoms with van der Waals surface area (Å²) >= 11 is 0. The number of hydrogen-bond acceptors (Lipinski definition) is 3. The van der Waals surface area contributed by atoms with Gasteiger partial charge >= 0.3 is 0 Å². The van der Waals surface area contributed by atoms with Crippen molar-refractivity contribution in [2.24, 2.45) is 5.92 Å². The molecule has 1 aliphatic rings. The minimum absolute atomic E-state index is 0.0559. The van der Waals surface area contributed by atoms with E-state index in [1.165, 1.54) is 0 Å². The fourth-order valence-electron chi connectivity index (χ4n) is 1.48. The van der Waals surface area contributed by atoms with Crippen molar-refractivity contribution in [2.75, 3.05) is 13.1 Å². The van der Waals surface area contributed by atoms with Crippen LogP contribution in [0.2, 0.25) is 0 Å².